The molecule has 0 saturated heterocycles. The smallest absolute Gasteiger partial charge is 0.366 e. The van der Waals surface area contributed by atoms with E-state index in [0.717, 1.165) is 35.3 Å². The summed E-state index contributed by atoms with van der Waals surface area (Å²) in [5.74, 6) is -1.07. The van der Waals surface area contributed by atoms with Crippen molar-refractivity contribution in [3.05, 3.63) is 126 Å². The van der Waals surface area contributed by atoms with Crippen LogP contribution in [0.3, 0.4) is 0 Å². The molecule has 0 unspecified atom stereocenters. The van der Waals surface area contributed by atoms with E-state index in [0.29, 0.717) is 61.7 Å². The van der Waals surface area contributed by atoms with Crippen molar-refractivity contribution in [1.82, 2.24) is 0 Å². The van der Waals surface area contributed by atoms with Crippen molar-refractivity contribution in [3.8, 4) is 22.6 Å². The maximum absolute atomic E-state index is 12.7. The largest absolute Gasteiger partial charge is 0.498 e. The topological polar surface area (TPSA) is 97.4 Å². The van der Waals surface area contributed by atoms with Crippen LogP contribution in [0.1, 0.15) is 54.9 Å². The van der Waals surface area contributed by atoms with Gasteiger partial charge in [-0.05, 0) is 90.9 Å². The molecule has 0 bridgehead atoms. The lowest BCUT2D eigenvalue weighted by Gasteiger charge is -2.16. The van der Waals surface area contributed by atoms with Gasteiger partial charge in [-0.25, -0.2) is 14.4 Å². The van der Waals surface area contributed by atoms with Crippen LogP contribution in [0.4, 0.5) is 4.39 Å². The van der Waals surface area contributed by atoms with Crippen molar-refractivity contribution in [1.29, 1.82) is 0 Å². The van der Waals surface area contributed by atoms with Crippen LogP contribution >= 0.6 is 0 Å². The Labute approximate surface area is 280 Å². The maximum Gasteiger partial charge on any atom is 0.366 e. The number of halogens is 1. The predicted molar refractivity (Wildman–Crippen MR) is 181 cm³/mol. The number of rotatable bonds is 17. The van der Waals surface area contributed by atoms with Crippen molar-refractivity contribution in [2.45, 2.75) is 39.0 Å². The highest BCUT2D eigenvalue weighted by Crippen LogP contribution is 2.30. The number of benzene rings is 3. The first-order valence-electron chi connectivity index (χ1n) is 15.7. The molecule has 1 aliphatic rings. The molecule has 1 aliphatic carbocycles. The monoisotopic (exact) mass is 654 g/mol. The first-order chi connectivity index (χ1) is 23.2. The molecule has 48 heavy (non-hydrogen) atoms. The standard InChI is InChI=1S/C39H39FO8/c1-27(2)37(41)46-24-5-4-23-44-35-19-15-33(16-20-35)39(43)48-36-21-13-32(14-22-36)30-9-7-29(8-10-30)31-11-17-34(18-12-31)45-25-6-26-47-38(42)28(3)40/h7-11,13-17,19-22H,1,3-6,12,18,23-26H2,2H3. The lowest BCUT2D eigenvalue weighted by Crippen LogP contribution is -2.09. The van der Waals surface area contributed by atoms with E-state index in [1.165, 1.54) is 5.57 Å². The van der Waals surface area contributed by atoms with E-state index in [1.54, 1.807) is 43.3 Å². The molecule has 0 saturated carbocycles. The fourth-order valence-corrected chi connectivity index (χ4v) is 4.61. The molecule has 0 radical (unpaired) electrons. The second kappa shape index (κ2) is 18.0. The summed E-state index contributed by atoms with van der Waals surface area (Å²) in [4.78, 5) is 35.1. The predicted octanol–water partition coefficient (Wildman–Crippen LogP) is 8.35. The number of esters is 3. The first kappa shape index (κ1) is 35.4. The number of carbonyl (C=O) groups excluding carboxylic acids is 3. The Bertz CT molecular complexity index is 1650. The molecule has 9 heteroatoms. The van der Waals surface area contributed by atoms with E-state index >= 15 is 0 Å². The summed E-state index contributed by atoms with van der Waals surface area (Å²) in [5, 5.41) is 0. The Hall–Kier alpha value is -5.44. The number of allylic oxidation sites excluding steroid dienone is 4. The van der Waals surface area contributed by atoms with E-state index in [2.05, 4.69) is 37.4 Å². The molecule has 0 atom stereocenters. The van der Waals surface area contributed by atoms with E-state index in [4.69, 9.17) is 23.7 Å². The first-order valence-corrected chi connectivity index (χ1v) is 15.7. The molecular weight excluding hydrogens is 615 g/mol. The molecule has 0 aliphatic heterocycles. The molecule has 4 rings (SSSR count). The molecule has 0 N–H and O–H groups in total. The van der Waals surface area contributed by atoms with E-state index < -0.39 is 23.7 Å². The second-order valence-corrected chi connectivity index (χ2v) is 11.1. The van der Waals surface area contributed by atoms with Crippen molar-refractivity contribution in [3.63, 3.8) is 0 Å². The lowest BCUT2D eigenvalue weighted by atomic mass is 9.94. The lowest BCUT2D eigenvalue weighted by molar-refractivity contribution is -0.141. The average molecular weight is 655 g/mol. The third-order valence-corrected chi connectivity index (χ3v) is 7.27. The highest BCUT2D eigenvalue weighted by molar-refractivity contribution is 5.91. The van der Waals surface area contributed by atoms with Crippen LogP contribution in [-0.2, 0) is 23.8 Å². The summed E-state index contributed by atoms with van der Waals surface area (Å²) in [7, 11) is 0. The van der Waals surface area contributed by atoms with Crippen LogP contribution in [0.5, 0.6) is 11.5 Å². The minimum Gasteiger partial charge on any atom is -0.498 e. The summed E-state index contributed by atoms with van der Waals surface area (Å²) >= 11 is 0. The Balaban J connectivity index is 1.19. The van der Waals surface area contributed by atoms with Gasteiger partial charge in [-0.1, -0.05) is 55.6 Å². The van der Waals surface area contributed by atoms with E-state index in [1.807, 2.05) is 24.3 Å². The number of unbranched alkanes of at least 4 members (excludes halogenated alkanes) is 1. The Morgan fingerprint density at radius 3 is 1.83 bits per heavy atom. The molecule has 3 aromatic carbocycles. The van der Waals surface area contributed by atoms with Gasteiger partial charge in [-0.3, -0.25) is 0 Å². The van der Waals surface area contributed by atoms with Crippen LogP contribution in [0.15, 0.2) is 115 Å². The summed E-state index contributed by atoms with van der Waals surface area (Å²) in [6, 6.07) is 22.4. The highest BCUT2D eigenvalue weighted by atomic mass is 19.1. The Morgan fingerprint density at radius 1 is 0.646 bits per heavy atom. The van der Waals surface area contributed by atoms with Crippen LogP contribution in [0.2, 0.25) is 0 Å². The average Bonchev–Trinajstić information content (AvgIpc) is 3.10. The normalized spacial score (nSPS) is 12.2. The van der Waals surface area contributed by atoms with Gasteiger partial charge < -0.3 is 23.7 Å². The maximum atomic E-state index is 12.7. The van der Waals surface area contributed by atoms with Gasteiger partial charge >= 0.3 is 17.9 Å². The van der Waals surface area contributed by atoms with Crippen LogP contribution in [0, 0.1) is 0 Å². The Kier molecular flexibility index (Phi) is 13.3. The van der Waals surface area contributed by atoms with Crippen LogP contribution in [-0.4, -0.2) is 44.3 Å². The fourth-order valence-electron chi connectivity index (χ4n) is 4.61. The highest BCUT2D eigenvalue weighted by Gasteiger charge is 2.12. The molecule has 8 nitrogen and oxygen atoms in total. The van der Waals surface area contributed by atoms with Gasteiger partial charge in [-0.15, -0.1) is 0 Å². The SMILES string of the molecule is C=C(C)C(=O)OCCCCOc1ccc(C(=O)Oc2ccc(-c3ccc(C4=CC=C(OCCCOC(=O)C(=C)F)CC4)cc3)cc2)cc1. The van der Waals surface area contributed by atoms with E-state index in [-0.39, 0.29) is 6.61 Å². The van der Waals surface area contributed by atoms with Crippen molar-refractivity contribution in [2.24, 2.45) is 0 Å². The van der Waals surface area contributed by atoms with Gasteiger partial charge in [0.2, 0.25) is 5.83 Å². The zero-order chi connectivity index (χ0) is 34.3. The fraction of sp³-hybridized carbons (Fsp3) is 0.256. The van der Waals surface area contributed by atoms with Gasteiger partial charge in [0.25, 0.3) is 0 Å². The van der Waals surface area contributed by atoms with E-state index in [9.17, 15) is 18.8 Å². The summed E-state index contributed by atoms with van der Waals surface area (Å²) in [6.45, 7) is 9.28. The van der Waals surface area contributed by atoms with Crippen molar-refractivity contribution in [2.75, 3.05) is 26.4 Å². The molecule has 0 amide bonds. The van der Waals surface area contributed by atoms with Crippen molar-refractivity contribution >= 4 is 23.5 Å². The molecule has 0 aromatic heterocycles. The van der Waals surface area contributed by atoms with Gasteiger partial charge in [-0.2, -0.15) is 4.39 Å². The zero-order valence-electron chi connectivity index (χ0n) is 27.0. The van der Waals surface area contributed by atoms with Crippen LogP contribution in [0.25, 0.3) is 16.7 Å². The minimum atomic E-state index is -1.11. The van der Waals surface area contributed by atoms with Crippen LogP contribution < -0.4 is 9.47 Å². The minimum absolute atomic E-state index is 0.0731. The van der Waals surface area contributed by atoms with Gasteiger partial charge in [0.1, 0.15) is 11.5 Å². The summed E-state index contributed by atoms with van der Waals surface area (Å²) < 4.78 is 39.4. The summed E-state index contributed by atoms with van der Waals surface area (Å²) in [5.41, 5.74) is 5.13. The molecular formula is C39H39FO8. The summed E-state index contributed by atoms with van der Waals surface area (Å²) in [6.07, 6.45) is 7.42. The number of hydrogen-bond donors (Lipinski definition) is 0. The molecule has 0 heterocycles. The number of hydrogen-bond acceptors (Lipinski definition) is 8. The Morgan fingerprint density at radius 2 is 1.21 bits per heavy atom. The van der Waals surface area contributed by atoms with Gasteiger partial charge in [0, 0.05) is 18.4 Å². The number of carbonyl (C=O) groups is 3. The van der Waals surface area contributed by atoms with Crippen molar-refractivity contribution < 1.29 is 42.5 Å². The quantitative estimate of drug-likeness (QED) is 0.0620. The third-order valence-electron chi connectivity index (χ3n) is 7.27. The third kappa shape index (κ3) is 11.1. The molecule has 3 aromatic rings. The second-order valence-electron chi connectivity index (χ2n) is 11.1. The molecule has 0 fully saturated rings. The van der Waals surface area contributed by atoms with Gasteiger partial charge in [0.05, 0.1) is 37.8 Å². The molecule has 0 spiro atoms. The molecule has 250 valence electrons. The zero-order valence-corrected chi connectivity index (χ0v) is 27.0. The number of ether oxygens (including phenoxy) is 5. The van der Waals surface area contributed by atoms with Gasteiger partial charge in [0.15, 0.2) is 0 Å².